The molecular formula is C28H34N8OSSi. The Morgan fingerprint density at radius 1 is 1.05 bits per heavy atom. The first-order chi connectivity index (χ1) is 18.8. The van der Waals surface area contributed by atoms with Crippen LogP contribution in [0, 0.1) is 0 Å². The molecule has 0 spiro atoms. The zero-order valence-corrected chi connectivity index (χ0v) is 24.9. The Balaban J connectivity index is 1.49. The van der Waals surface area contributed by atoms with Crippen LogP contribution >= 0.6 is 11.3 Å². The Morgan fingerprint density at radius 3 is 2.69 bits per heavy atom. The van der Waals surface area contributed by atoms with E-state index in [1.165, 1.54) is 0 Å². The van der Waals surface area contributed by atoms with E-state index < -0.39 is 8.07 Å². The summed E-state index contributed by atoms with van der Waals surface area (Å²) in [6.07, 6.45) is 7.57. The van der Waals surface area contributed by atoms with Gasteiger partial charge in [0.2, 0.25) is 5.13 Å². The number of aromatic nitrogens is 7. The first-order valence-electron chi connectivity index (χ1n) is 13.2. The topological polar surface area (TPSA) is 94.7 Å². The fraction of sp³-hybridized carbons (Fsp3) is 0.357. The molecule has 0 aliphatic rings. The maximum Gasteiger partial charge on any atom is 0.215 e. The largest absolute Gasteiger partial charge is 0.361 e. The zero-order valence-electron chi connectivity index (χ0n) is 23.1. The number of hydrogen-bond donors (Lipinski definition) is 0. The Morgan fingerprint density at radius 2 is 1.92 bits per heavy atom. The molecule has 0 aliphatic carbocycles. The van der Waals surface area contributed by atoms with Gasteiger partial charge in [0.1, 0.15) is 23.3 Å². The van der Waals surface area contributed by atoms with Gasteiger partial charge >= 0.3 is 0 Å². The number of aryl methyl sites for hydroxylation is 2. The Bertz CT molecular complexity index is 1550. The second kappa shape index (κ2) is 11.7. The van der Waals surface area contributed by atoms with Gasteiger partial charge in [-0.3, -0.25) is 19.5 Å². The quantitative estimate of drug-likeness (QED) is 0.105. The smallest absolute Gasteiger partial charge is 0.215 e. The fourth-order valence-electron chi connectivity index (χ4n) is 4.11. The molecule has 0 saturated heterocycles. The molecule has 202 valence electrons. The third-order valence-electron chi connectivity index (χ3n) is 6.21. The van der Waals surface area contributed by atoms with Crippen LogP contribution in [-0.4, -0.2) is 56.3 Å². The third kappa shape index (κ3) is 6.55. The lowest BCUT2D eigenvalue weighted by atomic mass is 10.1. The van der Waals surface area contributed by atoms with Crippen molar-refractivity contribution < 1.29 is 4.74 Å². The summed E-state index contributed by atoms with van der Waals surface area (Å²) in [5.74, 6) is 0.754. The zero-order chi connectivity index (χ0) is 27.4. The Kier molecular flexibility index (Phi) is 8.10. The number of anilines is 2. The summed E-state index contributed by atoms with van der Waals surface area (Å²) in [6, 6.07) is 13.0. The summed E-state index contributed by atoms with van der Waals surface area (Å²) in [5.41, 5.74) is 5.11. The SMILES string of the molecule is CCCc1nnc(N(COCC[Si](C)(C)C)c2ccc3ncc(-c4cn(C)nc4-c4ccccn4)cc3n2)s1. The summed E-state index contributed by atoms with van der Waals surface area (Å²) >= 11 is 1.59. The average molecular weight is 559 g/mol. The van der Waals surface area contributed by atoms with Crippen molar-refractivity contribution in [3.8, 4) is 22.5 Å². The molecule has 0 atom stereocenters. The summed E-state index contributed by atoms with van der Waals surface area (Å²) in [4.78, 5) is 16.2. The molecule has 5 rings (SSSR count). The van der Waals surface area contributed by atoms with Crippen LogP contribution in [0.4, 0.5) is 10.9 Å². The van der Waals surface area contributed by atoms with Gasteiger partial charge in [-0.15, -0.1) is 10.2 Å². The van der Waals surface area contributed by atoms with Crippen molar-refractivity contribution in [3.63, 3.8) is 0 Å². The standard InChI is InChI=1S/C28H34N8OSSi/c1-6-9-26-32-33-28(38-26)36(19-37-14-15-39(3,4)5)25-12-11-22-24(31-25)16-20(17-30-22)21-18-35(2)34-27(21)23-10-7-8-13-29-23/h7-8,10-13,16-18H,6,9,14-15,19H2,1-5H3. The van der Waals surface area contributed by atoms with Crippen LogP contribution in [-0.2, 0) is 18.2 Å². The molecule has 0 aromatic carbocycles. The van der Waals surface area contributed by atoms with Crippen LogP contribution in [0.5, 0.6) is 0 Å². The highest BCUT2D eigenvalue weighted by atomic mass is 32.1. The average Bonchev–Trinajstić information content (AvgIpc) is 3.55. The molecule has 0 unspecified atom stereocenters. The number of fused-ring (bicyclic) bond motifs is 1. The molecule has 0 radical (unpaired) electrons. The fourth-order valence-corrected chi connectivity index (χ4v) is 5.80. The van der Waals surface area contributed by atoms with E-state index >= 15 is 0 Å². The van der Waals surface area contributed by atoms with Crippen LogP contribution in [0.3, 0.4) is 0 Å². The molecule has 0 fully saturated rings. The highest BCUT2D eigenvalue weighted by molar-refractivity contribution is 7.15. The number of hydrogen-bond acceptors (Lipinski definition) is 9. The predicted molar refractivity (Wildman–Crippen MR) is 160 cm³/mol. The summed E-state index contributed by atoms with van der Waals surface area (Å²) in [7, 11) is 0.712. The maximum absolute atomic E-state index is 6.15. The minimum atomic E-state index is -1.20. The highest BCUT2D eigenvalue weighted by Gasteiger charge is 2.19. The van der Waals surface area contributed by atoms with Crippen molar-refractivity contribution in [2.24, 2.45) is 7.05 Å². The first kappa shape index (κ1) is 27.0. The van der Waals surface area contributed by atoms with E-state index in [1.54, 1.807) is 22.2 Å². The molecule has 0 N–H and O–H groups in total. The minimum absolute atomic E-state index is 0.364. The number of rotatable bonds is 11. The van der Waals surface area contributed by atoms with Gasteiger partial charge in [0, 0.05) is 57.9 Å². The van der Waals surface area contributed by atoms with Crippen LogP contribution in [0.15, 0.2) is 55.0 Å². The number of ether oxygens (including phenoxy) is 1. The minimum Gasteiger partial charge on any atom is -0.361 e. The van der Waals surface area contributed by atoms with E-state index in [4.69, 9.17) is 14.7 Å². The van der Waals surface area contributed by atoms with Gasteiger partial charge < -0.3 is 4.74 Å². The molecular weight excluding hydrogens is 525 g/mol. The Hall–Kier alpha value is -3.54. The van der Waals surface area contributed by atoms with Crippen molar-refractivity contribution >= 4 is 41.4 Å². The second-order valence-corrected chi connectivity index (χ2v) is 17.4. The van der Waals surface area contributed by atoms with E-state index in [9.17, 15) is 0 Å². The van der Waals surface area contributed by atoms with Crippen LogP contribution < -0.4 is 4.90 Å². The maximum atomic E-state index is 6.15. The molecule has 39 heavy (non-hydrogen) atoms. The highest BCUT2D eigenvalue weighted by Crippen LogP contribution is 2.32. The molecule has 5 aromatic rings. The van der Waals surface area contributed by atoms with Crippen LogP contribution in [0.25, 0.3) is 33.5 Å². The molecule has 11 heteroatoms. The van der Waals surface area contributed by atoms with Crippen molar-refractivity contribution in [2.45, 2.75) is 45.5 Å². The van der Waals surface area contributed by atoms with Gasteiger partial charge in [-0.05, 0) is 42.8 Å². The number of nitrogens with zero attached hydrogens (tertiary/aromatic N) is 8. The van der Waals surface area contributed by atoms with Crippen molar-refractivity contribution in [3.05, 3.63) is 60.0 Å². The molecule has 0 aliphatic heterocycles. The molecule has 0 bridgehead atoms. The van der Waals surface area contributed by atoms with Crippen LogP contribution in [0.1, 0.15) is 18.4 Å². The van der Waals surface area contributed by atoms with E-state index in [-0.39, 0.29) is 0 Å². The van der Waals surface area contributed by atoms with E-state index in [2.05, 4.69) is 52.9 Å². The lowest BCUT2D eigenvalue weighted by Crippen LogP contribution is -2.26. The molecule has 0 saturated carbocycles. The van der Waals surface area contributed by atoms with Crippen LogP contribution in [0.2, 0.25) is 25.7 Å². The van der Waals surface area contributed by atoms with Gasteiger partial charge in [0.05, 0.1) is 16.7 Å². The monoisotopic (exact) mass is 558 g/mol. The van der Waals surface area contributed by atoms with E-state index in [0.717, 1.165) is 68.4 Å². The van der Waals surface area contributed by atoms with Crippen molar-refractivity contribution in [2.75, 3.05) is 18.2 Å². The lowest BCUT2D eigenvalue weighted by Gasteiger charge is -2.22. The lowest BCUT2D eigenvalue weighted by molar-refractivity contribution is 0.153. The molecule has 5 heterocycles. The van der Waals surface area contributed by atoms with E-state index in [1.807, 2.05) is 54.7 Å². The summed E-state index contributed by atoms with van der Waals surface area (Å²) < 4.78 is 7.95. The summed E-state index contributed by atoms with van der Waals surface area (Å²) in [6.45, 7) is 10.3. The normalized spacial score (nSPS) is 11.8. The van der Waals surface area contributed by atoms with Crippen molar-refractivity contribution in [1.29, 1.82) is 0 Å². The van der Waals surface area contributed by atoms with Gasteiger partial charge in [-0.25, -0.2) is 4.98 Å². The predicted octanol–water partition coefficient (Wildman–Crippen LogP) is 6.35. The van der Waals surface area contributed by atoms with Crippen molar-refractivity contribution in [1.82, 2.24) is 34.9 Å². The van der Waals surface area contributed by atoms with Gasteiger partial charge in [-0.1, -0.05) is 44.0 Å². The van der Waals surface area contributed by atoms with E-state index in [0.29, 0.717) is 13.3 Å². The molecule has 0 amide bonds. The number of pyridine rings is 3. The van der Waals surface area contributed by atoms with Gasteiger partial charge in [0.25, 0.3) is 0 Å². The Labute approximate surface area is 234 Å². The molecule has 9 nitrogen and oxygen atoms in total. The molecule has 5 aromatic heterocycles. The second-order valence-electron chi connectivity index (χ2n) is 10.7. The third-order valence-corrected chi connectivity index (χ3v) is 8.92. The summed E-state index contributed by atoms with van der Waals surface area (Å²) in [5, 5.41) is 15.4. The van der Waals surface area contributed by atoms with Gasteiger partial charge in [-0.2, -0.15) is 5.10 Å². The first-order valence-corrected chi connectivity index (χ1v) is 17.7. The van der Waals surface area contributed by atoms with Gasteiger partial charge in [0.15, 0.2) is 0 Å².